The highest BCUT2D eigenvalue weighted by Crippen LogP contribution is 2.33. The van der Waals surface area contributed by atoms with E-state index in [2.05, 4.69) is 23.2 Å². The molecule has 1 aromatic carbocycles. The first-order valence-electron chi connectivity index (χ1n) is 5.32. The molecule has 1 atom stereocenters. The van der Waals surface area contributed by atoms with Gasteiger partial charge in [0.1, 0.15) is 6.04 Å². The summed E-state index contributed by atoms with van der Waals surface area (Å²) in [6.07, 6.45) is 3.88. The van der Waals surface area contributed by atoms with Crippen molar-refractivity contribution < 1.29 is 17.4 Å². The Kier molecular flexibility index (Phi) is 2.70. The fraction of sp³-hybridized carbons (Fsp3) is 0.417. The lowest BCUT2D eigenvalue weighted by Crippen LogP contribution is -3.00. The maximum absolute atomic E-state index is 6.01. The van der Waals surface area contributed by atoms with Gasteiger partial charge in [-0.2, -0.15) is 0 Å². The van der Waals surface area contributed by atoms with E-state index in [0.29, 0.717) is 6.04 Å². The monoisotopic (exact) mass is 222 g/mol. The van der Waals surface area contributed by atoms with Gasteiger partial charge in [0.2, 0.25) is 0 Å². The molecule has 15 heavy (non-hydrogen) atoms. The Labute approximate surface area is 96.0 Å². The predicted molar refractivity (Wildman–Crippen MR) is 55.9 cm³/mol. The molecule has 0 radical (unpaired) electrons. The first kappa shape index (κ1) is 10.5. The molecule has 3 rings (SSSR count). The second kappa shape index (κ2) is 3.86. The number of halogens is 1. The van der Waals surface area contributed by atoms with Crippen molar-refractivity contribution in [2.45, 2.75) is 25.3 Å². The number of hydrogen-bond acceptors (Lipinski definition) is 1. The number of rotatable bonds is 1. The largest absolute Gasteiger partial charge is 1.00 e. The van der Waals surface area contributed by atoms with Gasteiger partial charge >= 0.3 is 0 Å². The number of nitrogens with two attached hydrogens (primary N) is 1. The van der Waals surface area contributed by atoms with Crippen LogP contribution in [0, 0.1) is 5.92 Å². The Bertz CT molecular complexity index is 396. The van der Waals surface area contributed by atoms with E-state index in [1.54, 1.807) is 0 Å². The fourth-order valence-corrected chi connectivity index (χ4v) is 2.31. The number of fused-ring (bicyclic) bond motifs is 1. The summed E-state index contributed by atoms with van der Waals surface area (Å²) in [6.45, 7) is 0. The Morgan fingerprint density at radius 3 is 2.67 bits per heavy atom. The molecule has 3 N–H and O–H groups in total. The Hall–Kier alpha value is -1.02. The molecule has 2 nitrogen and oxygen atoms in total. The van der Waals surface area contributed by atoms with Gasteiger partial charge in [-0.25, -0.2) is 0 Å². The van der Waals surface area contributed by atoms with E-state index < -0.39 is 0 Å². The summed E-state index contributed by atoms with van der Waals surface area (Å²) in [5.41, 5.74) is 8.61. The summed E-state index contributed by atoms with van der Waals surface area (Å²) in [4.78, 5) is 3.43. The number of amidine groups is 1. The van der Waals surface area contributed by atoms with Crippen molar-refractivity contribution in [3.8, 4) is 0 Å². The van der Waals surface area contributed by atoms with Crippen LogP contribution >= 0.6 is 0 Å². The van der Waals surface area contributed by atoms with E-state index in [1.165, 1.54) is 24.0 Å². The third-order valence-electron chi connectivity index (χ3n) is 3.28. The van der Waals surface area contributed by atoms with Crippen LogP contribution in [-0.4, -0.2) is 11.9 Å². The van der Waals surface area contributed by atoms with Gasteiger partial charge in [0.05, 0.1) is 5.56 Å². The molecular weight excluding hydrogens is 208 g/mol. The van der Waals surface area contributed by atoms with E-state index >= 15 is 0 Å². The molecule has 1 unspecified atom stereocenters. The zero-order valence-corrected chi connectivity index (χ0v) is 9.30. The average molecular weight is 223 g/mol. The maximum atomic E-state index is 6.01. The van der Waals surface area contributed by atoms with E-state index in [-0.39, 0.29) is 12.4 Å². The fourth-order valence-electron chi connectivity index (χ4n) is 2.31. The zero-order chi connectivity index (χ0) is 9.54. The van der Waals surface area contributed by atoms with Gasteiger partial charge in [-0.3, -0.25) is 10.7 Å². The molecule has 0 aromatic heterocycles. The lowest BCUT2D eigenvalue weighted by Gasteiger charge is -2.17. The molecule has 3 heteroatoms. The van der Waals surface area contributed by atoms with Crippen LogP contribution in [0.5, 0.6) is 0 Å². The lowest BCUT2D eigenvalue weighted by molar-refractivity contribution is -0.510. The summed E-state index contributed by atoms with van der Waals surface area (Å²) in [6, 6.07) is 9.02. The highest BCUT2D eigenvalue weighted by atomic mass is 35.5. The third kappa shape index (κ3) is 1.86. The lowest BCUT2D eigenvalue weighted by atomic mass is 9.94. The van der Waals surface area contributed by atoms with Crippen LogP contribution in [0.2, 0.25) is 0 Å². The van der Waals surface area contributed by atoms with E-state index in [4.69, 9.17) is 5.73 Å². The minimum absolute atomic E-state index is 0. The summed E-state index contributed by atoms with van der Waals surface area (Å²) in [5.74, 6) is 1.73. The molecule has 1 aliphatic heterocycles. The molecule has 2 aliphatic rings. The van der Waals surface area contributed by atoms with Gasteiger partial charge in [-0.1, -0.05) is 18.2 Å². The highest BCUT2D eigenvalue weighted by molar-refractivity contribution is 5.95. The molecule has 1 aliphatic carbocycles. The number of nitrogens with one attached hydrogen (secondary N) is 1. The Balaban J connectivity index is 0.000000853. The summed E-state index contributed by atoms with van der Waals surface area (Å²) in [5, 5.41) is 0. The van der Waals surface area contributed by atoms with Crippen LogP contribution in [0.25, 0.3) is 0 Å². The molecular formula is C12H15ClN2. The van der Waals surface area contributed by atoms with Crippen molar-refractivity contribution in [3.05, 3.63) is 35.4 Å². The predicted octanol–water partition coefficient (Wildman–Crippen LogP) is -3.19. The van der Waals surface area contributed by atoms with Crippen molar-refractivity contribution in [1.29, 1.82) is 0 Å². The van der Waals surface area contributed by atoms with Crippen LogP contribution in [0.3, 0.4) is 0 Å². The zero-order valence-electron chi connectivity index (χ0n) is 8.54. The summed E-state index contributed by atoms with van der Waals surface area (Å²) < 4.78 is 0. The van der Waals surface area contributed by atoms with Gasteiger partial charge < -0.3 is 12.4 Å². The number of hydrogen-bond donors (Lipinski definition) is 2. The molecule has 1 fully saturated rings. The SMILES string of the molecule is NC1=[NH+]C(C2CC2)Cc2ccccc21.[Cl-]. The first-order valence-corrected chi connectivity index (χ1v) is 5.32. The molecule has 1 heterocycles. The molecule has 0 saturated heterocycles. The van der Waals surface area contributed by atoms with E-state index in [0.717, 1.165) is 18.2 Å². The van der Waals surface area contributed by atoms with Crippen LogP contribution in [-0.2, 0) is 6.42 Å². The third-order valence-corrected chi connectivity index (χ3v) is 3.28. The molecule has 80 valence electrons. The molecule has 0 amide bonds. The van der Waals surface area contributed by atoms with Crippen LogP contribution < -0.4 is 23.1 Å². The second-order valence-corrected chi connectivity index (χ2v) is 4.36. The highest BCUT2D eigenvalue weighted by Gasteiger charge is 2.35. The van der Waals surface area contributed by atoms with Crippen molar-refractivity contribution in [1.82, 2.24) is 0 Å². The molecule has 1 aromatic rings. The average Bonchev–Trinajstić information content (AvgIpc) is 3.01. The van der Waals surface area contributed by atoms with Crippen LogP contribution in [0.15, 0.2) is 24.3 Å². The normalized spacial score (nSPS) is 23.7. The molecule has 0 spiro atoms. The first-order chi connectivity index (χ1) is 6.84. The minimum atomic E-state index is 0. The van der Waals surface area contributed by atoms with Crippen molar-refractivity contribution in [2.24, 2.45) is 11.7 Å². The van der Waals surface area contributed by atoms with Gasteiger partial charge in [0.25, 0.3) is 5.84 Å². The van der Waals surface area contributed by atoms with Crippen molar-refractivity contribution >= 4 is 5.84 Å². The Morgan fingerprint density at radius 2 is 1.93 bits per heavy atom. The van der Waals surface area contributed by atoms with Crippen LogP contribution in [0.1, 0.15) is 24.0 Å². The number of benzene rings is 1. The van der Waals surface area contributed by atoms with E-state index in [1.807, 2.05) is 6.07 Å². The van der Waals surface area contributed by atoms with E-state index in [9.17, 15) is 0 Å². The van der Waals surface area contributed by atoms with Gasteiger partial charge in [-0.15, -0.1) is 0 Å². The molecule has 0 bridgehead atoms. The summed E-state index contributed by atoms with van der Waals surface area (Å²) >= 11 is 0. The van der Waals surface area contributed by atoms with Crippen molar-refractivity contribution in [3.63, 3.8) is 0 Å². The molecule has 1 saturated carbocycles. The van der Waals surface area contributed by atoms with Crippen LogP contribution in [0.4, 0.5) is 0 Å². The maximum Gasteiger partial charge on any atom is 0.273 e. The topological polar surface area (TPSA) is 40.0 Å². The Morgan fingerprint density at radius 1 is 1.20 bits per heavy atom. The van der Waals surface area contributed by atoms with Gasteiger partial charge in [0, 0.05) is 6.42 Å². The smallest absolute Gasteiger partial charge is 0.273 e. The van der Waals surface area contributed by atoms with Gasteiger partial charge in [0.15, 0.2) is 0 Å². The standard InChI is InChI=1S/C12H14N2.ClH/c13-12-10-4-2-1-3-9(10)7-11(14-12)8-5-6-8;/h1-4,8,11H,5-7H2,(H2,13,14);1H. The second-order valence-electron chi connectivity index (χ2n) is 4.36. The van der Waals surface area contributed by atoms with Crippen molar-refractivity contribution in [2.75, 3.05) is 0 Å². The summed E-state index contributed by atoms with van der Waals surface area (Å²) in [7, 11) is 0. The van der Waals surface area contributed by atoms with Gasteiger partial charge in [-0.05, 0) is 30.4 Å². The quantitative estimate of drug-likeness (QED) is 0.517. The number of nitrogen functional groups attached to an aromatic ring is 1. The minimum Gasteiger partial charge on any atom is -1.00 e.